The molecule has 2 amide bonds. The van der Waals surface area contributed by atoms with Crippen molar-refractivity contribution in [2.45, 2.75) is 38.4 Å². The molecule has 4 rings (SSSR count). The minimum Gasteiger partial charge on any atom is -0.446 e. The van der Waals surface area contributed by atoms with Crippen LogP contribution in [-0.4, -0.2) is 48.2 Å². The van der Waals surface area contributed by atoms with E-state index in [1.165, 1.54) is 12.1 Å². The maximum absolute atomic E-state index is 14.1. The first-order chi connectivity index (χ1) is 17.9. The lowest BCUT2D eigenvalue weighted by molar-refractivity contribution is -0.116. The molecular formula is C29H32FN3O4. The fourth-order valence-electron chi connectivity index (χ4n) is 4.33. The van der Waals surface area contributed by atoms with Gasteiger partial charge in [-0.2, -0.15) is 0 Å². The first-order valence-corrected chi connectivity index (χ1v) is 12.4. The average molecular weight is 506 g/mol. The molecule has 0 unspecified atom stereocenters. The lowest BCUT2D eigenvalue weighted by Gasteiger charge is -2.28. The van der Waals surface area contributed by atoms with Gasteiger partial charge in [0.15, 0.2) is 0 Å². The number of piperidine rings is 1. The van der Waals surface area contributed by atoms with Gasteiger partial charge in [0.25, 0.3) is 0 Å². The highest BCUT2D eigenvalue weighted by molar-refractivity contribution is 5.92. The van der Waals surface area contributed by atoms with Crippen molar-refractivity contribution in [3.8, 4) is 11.1 Å². The molecule has 3 N–H and O–H groups in total. The zero-order valence-corrected chi connectivity index (χ0v) is 20.9. The highest BCUT2D eigenvalue weighted by Crippen LogP contribution is 2.30. The molecule has 1 saturated heterocycles. The Kier molecular flexibility index (Phi) is 8.87. The summed E-state index contributed by atoms with van der Waals surface area (Å²) in [4.78, 5) is 27.3. The van der Waals surface area contributed by atoms with Crippen molar-refractivity contribution in [2.75, 3.05) is 30.8 Å². The van der Waals surface area contributed by atoms with Crippen LogP contribution in [0.15, 0.2) is 66.7 Å². The molecular weight excluding hydrogens is 473 g/mol. The van der Waals surface area contributed by atoms with Crippen LogP contribution in [0, 0.1) is 5.82 Å². The second kappa shape index (κ2) is 12.5. The molecule has 8 heteroatoms. The Balaban J connectivity index is 1.42. The number of hydrogen-bond donors (Lipinski definition) is 3. The van der Waals surface area contributed by atoms with E-state index in [-0.39, 0.29) is 30.7 Å². The second-order valence-corrected chi connectivity index (χ2v) is 9.30. The van der Waals surface area contributed by atoms with E-state index in [9.17, 15) is 14.0 Å². The van der Waals surface area contributed by atoms with Crippen molar-refractivity contribution in [2.24, 2.45) is 0 Å². The number of benzene rings is 3. The highest BCUT2D eigenvalue weighted by Gasteiger charge is 2.21. The number of ether oxygens (including phenoxy) is 1. The number of nitrogens with zero attached hydrogens (tertiary/aromatic N) is 1. The number of nitrogens with one attached hydrogen (secondary N) is 2. The summed E-state index contributed by atoms with van der Waals surface area (Å²) in [5.74, 6) is -0.908. The van der Waals surface area contributed by atoms with Crippen LogP contribution in [0.25, 0.3) is 11.1 Å². The SMILES string of the molecule is CN1CCC(OC(=O)Nc2ccc(CCC(=O)Nc3ccc(CO)cc3F)cc2-c2ccccc2)CC1. The fraction of sp³-hybridized carbons (Fsp3) is 0.310. The number of likely N-dealkylation sites (tertiary alicyclic amines) is 1. The van der Waals surface area contributed by atoms with E-state index >= 15 is 0 Å². The lowest BCUT2D eigenvalue weighted by atomic mass is 9.99. The summed E-state index contributed by atoms with van der Waals surface area (Å²) in [6.45, 7) is 1.53. The van der Waals surface area contributed by atoms with Crippen molar-refractivity contribution in [3.63, 3.8) is 0 Å². The summed E-state index contributed by atoms with van der Waals surface area (Å²) in [7, 11) is 2.06. The summed E-state index contributed by atoms with van der Waals surface area (Å²) in [5.41, 5.74) is 3.80. The van der Waals surface area contributed by atoms with Crippen LogP contribution < -0.4 is 10.6 Å². The average Bonchev–Trinajstić information content (AvgIpc) is 2.91. The summed E-state index contributed by atoms with van der Waals surface area (Å²) in [6, 6.07) is 19.5. The quantitative estimate of drug-likeness (QED) is 0.392. The molecule has 0 spiro atoms. The first kappa shape index (κ1) is 26.3. The fourth-order valence-corrected chi connectivity index (χ4v) is 4.33. The molecule has 37 heavy (non-hydrogen) atoms. The van der Waals surface area contributed by atoms with Crippen LogP contribution in [0.5, 0.6) is 0 Å². The van der Waals surface area contributed by atoms with E-state index in [0.717, 1.165) is 42.6 Å². The number of amides is 2. The Hall–Kier alpha value is -3.75. The molecule has 0 aliphatic carbocycles. The van der Waals surface area contributed by atoms with Crippen molar-refractivity contribution < 1.29 is 23.8 Å². The minimum absolute atomic E-state index is 0.0786. The summed E-state index contributed by atoms with van der Waals surface area (Å²) in [5, 5.41) is 14.6. The first-order valence-electron chi connectivity index (χ1n) is 12.4. The number of anilines is 2. The zero-order chi connectivity index (χ0) is 26.2. The maximum atomic E-state index is 14.1. The normalized spacial score (nSPS) is 14.2. The van der Waals surface area contributed by atoms with Gasteiger partial charge in [0, 0.05) is 25.1 Å². The molecule has 0 saturated carbocycles. The third kappa shape index (κ3) is 7.38. The zero-order valence-electron chi connectivity index (χ0n) is 20.9. The van der Waals surface area contributed by atoms with Gasteiger partial charge in [-0.25, -0.2) is 9.18 Å². The van der Waals surface area contributed by atoms with Crippen LogP contribution in [-0.2, 0) is 22.6 Å². The predicted octanol–water partition coefficient (Wildman–Crippen LogP) is 5.20. The van der Waals surface area contributed by atoms with Gasteiger partial charge >= 0.3 is 6.09 Å². The number of rotatable bonds is 8. The predicted molar refractivity (Wildman–Crippen MR) is 142 cm³/mol. The molecule has 0 atom stereocenters. The number of aryl methyl sites for hydroxylation is 1. The van der Waals surface area contributed by atoms with Gasteiger partial charge in [0.2, 0.25) is 5.91 Å². The van der Waals surface area contributed by atoms with Gasteiger partial charge < -0.3 is 20.1 Å². The number of halogens is 1. The van der Waals surface area contributed by atoms with E-state index in [2.05, 4.69) is 22.6 Å². The van der Waals surface area contributed by atoms with Crippen molar-refractivity contribution in [1.82, 2.24) is 4.90 Å². The summed E-state index contributed by atoms with van der Waals surface area (Å²) in [6.07, 6.45) is 1.63. The highest BCUT2D eigenvalue weighted by atomic mass is 19.1. The second-order valence-electron chi connectivity index (χ2n) is 9.30. The molecule has 1 aliphatic heterocycles. The maximum Gasteiger partial charge on any atom is 0.411 e. The minimum atomic E-state index is -0.589. The third-order valence-corrected chi connectivity index (χ3v) is 6.48. The summed E-state index contributed by atoms with van der Waals surface area (Å²) < 4.78 is 19.8. The smallest absolute Gasteiger partial charge is 0.411 e. The number of hydrogen-bond acceptors (Lipinski definition) is 5. The van der Waals surface area contributed by atoms with Crippen LogP contribution >= 0.6 is 0 Å². The van der Waals surface area contributed by atoms with E-state index in [1.54, 1.807) is 6.07 Å². The molecule has 1 aliphatic rings. The lowest BCUT2D eigenvalue weighted by Crippen LogP contribution is -2.36. The largest absolute Gasteiger partial charge is 0.446 e. The topological polar surface area (TPSA) is 90.9 Å². The Morgan fingerprint density at radius 1 is 0.973 bits per heavy atom. The van der Waals surface area contributed by atoms with E-state index in [0.29, 0.717) is 17.7 Å². The van der Waals surface area contributed by atoms with Crippen molar-refractivity contribution in [1.29, 1.82) is 0 Å². The molecule has 1 fully saturated rings. The summed E-state index contributed by atoms with van der Waals surface area (Å²) >= 11 is 0. The standard InChI is InChI=1S/C29H32FN3O4/c1-33-15-13-23(14-16-33)37-29(36)32-26-10-7-20(17-24(26)22-5-3-2-4-6-22)9-12-28(35)31-27-11-8-21(19-34)18-25(27)30/h2-8,10-11,17-18,23,34H,9,12-16,19H2,1H3,(H,31,35)(H,32,36). The molecule has 0 radical (unpaired) electrons. The molecule has 0 aromatic heterocycles. The number of carbonyl (C=O) groups is 2. The Morgan fingerprint density at radius 3 is 2.38 bits per heavy atom. The Labute approximate surface area is 216 Å². The molecule has 194 valence electrons. The van der Waals surface area contributed by atoms with Gasteiger partial charge in [-0.3, -0.25) is 10.1 Å². The van der Waals surface area contributed by atoms with Crippen molar-refractivity contribution >= 4 is 23.4 Å². The van der Waals surface area contributed by atoms with Gasteiger partial charge in [-0.05, 0) is 67.3 Å². The van der Waals surface area contributed by atoms with Gasteiger partial charge in [0.1, 0.15) is 11.9 Å². The van der Waals surface area contributed by atoms with Crippen molar-refractivity contribution in [3.05, 3.63) is 83.7 Å². The Morgan fingerprint density at radius 2 is 1.68 bits per heavy atom. The molecule has 1 heterocycles. The van der Waals surface area contributed by atoms with Crippen LogP contribution in [0.2, 0.25) is 0 Å². The van der Waals surface area contributed by atoms with Gasteiger partial charge in [0.05, 0.1) is 18.0 Å². The van der Waals surface area contributed by atoms with E-state index in [4.69, 9.17) is 9.84 Å². The van der Waals surface area contributed by atoms with E-state index in [1.807, 2.05) is 48.5 Å². The van der Waals surface area contributed by atoms with E-state index < -0.39 is 11.9 Å². The monoisotopic (exact) mass is 505 g/mol. The van der Waals surface area contributed by atoms with Gasteiger partial charge in [-0.15, -0.1) is 0 Å². The van der Waals surface area contributed by atoms with Crippen LogP contribution in [0.1, 0.15) is 30.4 Å². The van der Waals surface area contributed by atoms with Crippen LogP contribution in [0.4, 0.5) is 20.6 Å². The number of carbonyl (C=O) groups excluding carboxylic acids is 2. The molecule has 0 bridgehead atoms. The third-order valence-electron chi connectivity index (χ3n) is 6.48. The number of aliphatic hydroxyl groups excluding tert-OH is 1. The Bertz CT molecular complexity index is 1230. The molecule has 3 aromatic carbocycles. The molecule has 3 aromatic rings. The van der Waals surface area contributed by atoms with Gasteiger partial charge in [-0.1, -0.05) is 42.5 Å². The molecule has 7 nitrogen and oxygen atoms in total. The number of aliphatic hydroxyl groups is 1. The van der Waals surface area contributed by atoms with Crippen LogP contribution in [0.3, 0.4) is 0 Å².